The van der Waals surface area contributed by atoms with Gasteiger partial charge in [-0.15, -0.1) is 0 Å². The van der Waals surface area contributed by atoms with Gasteiger partial charge >= 0.3 is 0 Å². The first-order valence-corrected chi connectivity index (χ1v) is 8.13. The first kappa shape index (κ1) is 17.7. The molecular weight excluding hydrogens is 310 g/mol. The minimum atomic E-state index is -0.422. The Morgan fingerprint density at radius 2 is 1.88 bits per heavy atom. The minimum absolute atomic E-state index is 0.0687. The molecule has 1 aromatic carbocycles. The van der Waals surface area contributed by atoms with Crippen molar-refractivity contribution in [3.05, 3.63) is 39.9 Å². The van der Waals surface area contributed by atoms with Crippen LogP contribution in [-0.2, 0) is 11.3 Å². The average molecular weight is 333 g/mol. The van der Waals surface area contributed by atoms with Crippen LogP contribution in [0.15, 0.2) is 29.3 Å². The number of guanidine groups is 1. The van der Waals surface area contributed by atoms with Gasteiger partial charge < -0.3 is 16.0 Å². The number of aliphatic imine (C=N–C) groups is 1. The van der Waals surface area contributed by atoms with Gasteiger partial charge in [-0.25, -0.2) is 4.99 Å². The summed E-state index contributed by atoms with van der Waals surface area (Å²) in [6.07, 6.45) is 2.00. The van der Waals surface area contributed by atoms with Crippen LogP contribution in [0.4, 0.5) is 5.69 Å². The van der Waals surface area contributed by atoms with Crippen LogP contribution in [0.3, 0.4) is 0 Å². The van der Waals surface area contributed by atoms with Gasteiger partial charge in [-0.1, -0.05) is 12.1 Å². The molecule has 0 unspecified atom stereocenters. The Kier molecular flexibility index (Phi) is 6.53. The summed E-state index contributed by atoms with van der Waals surface area (Å²) >= 11 is 0. The fourth-order valence-electron chi connectivity index (χ4n) is 2.09. The third kappa shape index (κ3) is 5.86. The third-order valence-electron chi connectivity index (χ3n) is 3.58. The number of non-ortho nitro benzene ring substituents is 1. The molecule has 0 heterocycles. The summed E-state index contributed by atoms with van der Waals surface area (Å²) in [4.78, 5) is 26.2. The van der Waals surface area contributed by atoms with Gasteiger partial charge in [0.1, 0.15) is 0 Å². The van der Waals surface area contributed by atoms with Crippen LogP contribution in [0.5, 0.6) is 0 Å². The molecule has 0 spiro atoms. The molecule has 0 radical (unpaired) electrons. The Morgan fingerprint density at radius 3 is 2.46 bits per heavy atom. The van der Waals surface area contributed by atoms with E-state index in [1.165, 1.54) is 12.1 Å². The highest BCUT2D eigenvalue weighted by atomic mass is 16.6. The lowest BCUT2D eigenvalue weighted by Crippen LogP contribution is -2.41. The van der Waals surface area contributed by atoms with Crippen molar-refractivity contribution in [3.63, 3.8) is 0 Å². The molecule has 1 aliphatic rings. The van der Waals surface area contributed by atoms with Crippen LogP contribution in [0.25, 0.3) is 0 Å². The van der Waals surface area contributed by atoms with Crippen molar-refractivity contribution in [1.29, 1.82) is 0 Å². The summed E-state index contributed by atoms with van der Waals surface area (Å²) in [5.74, 6) is 0.996. The molecule has 1 saturated carbocycles. The second-order valence-electron chi connectivity index (χ2n) is 5.61. The monoisotopic (exact) mass is 333 g/mol. The van der Waals surface area contributed by atoms with Crippen LogP contribution >= 0.6 is 0 Å². The van der Waals surface area contributed by atoms with Crippen LogP contribution < -0.4 is 16.0 Å². The quantitative estimate of drug-likeness (QED) is 0.218. The minimum Gasteiger partial charge on any atom is -0.357 e. The molecular formula is C16H23N5O3. The van der Waals surface area contributed by atoms with E-state index in [2.05, 4.69) is 20.9 Å². The van der Waals surface area contributed by atoms with Crippen LogP contribution in [0, 0.1) is 16.0 Å². The van der Waals surface area contributed by atoms with Gasteiger partial charge in [-0.05, 0) is 25.3 Å². The number of rotatable bonds is 8. The number of nitro benzene ring substituents is 1. The number of nitrogens with one attached hydrogen (secondary N) is 3. The van der Waals surface area contributed by atoms with Gasteiger partial charge in [0.2, 0.25) is 5.91 Å². The average Bonchev–Trinajstić information content (AvgIpc) is 3.41. The number of hydrogen-bond donors (Lipinski definition) is 3. The summed E-state index contributed by atoms with van der Waals surface area (Å²) in [6.45, 7) is 4.25. The van der Waals surface area contributed by atoms with Crippen molar-refractivity contribution >= 4 is 17.6 Å². The zero-order valence-corrected chi connectivity index (χ0v) is 13.7. The highest BCUT2D eigenvalue weighted by molar-refractivity contribution is 5.81. The zero-order chi connectivity index (χ0) is 17.4. The van der Waals surface area contributed by atoms with Crippen LogP contribution in [0.1, 0.15) is 25.3 Å². The first-order valence-electron chi connectivity index (χ1n) is 8.13. The molecule has 0 saturated heterocycles. The second-order valence-corrected chi connectivity index (χ2v) is 5.61. The van der Waals surface area contributed by atoms with Crippen molar-refractivity contribution < 1.29 is 9.72 Å². The maximum Gasteiger partial charge on any atom is 0.269 e. The lowest BCUT2D eigenvalue weighted by Gasteiger charge is -2.11. The normalized spacial score (nSPS) is 14.1. The van der Waals surface area contributed by atoms with Gasteiger partial charge in [0.15, 0.2) is 5.96 Å². The highest BCUT2D eigenvalue weighted by Crippen LogP contribution is 2.28. The molecule has 1 aromatic rings. The fraction of sp³-hybridized carbons (Fsp3) is 0.500. The summed E-state index contributed by atoms with van der Waals surface area (Å²) < 4.78 is 0. The maximum atomic E-state index is 11.5. The molecule has 0 aromatic heterocycles. The molecule has 1 fully saturated rings. The maximum absolute atomic E-state index is 11.5. The molecule has 0 bridgehead atoms. The molecule has 3 N–H and O–H groups in total. The molecule has 8 nitrogen and oxygen atoms in total. The number of amides is 1. The SMILES string of the molecule is CCNC(=NCc1ccc([N+](=O)[O-])cc1)NCCNC(=O)C1CC1. The number of nitrogens with zero attached hydrogens (tertiary/aromatic N) is 2. The number of carbonyl (C=O) groups excluding carboxylic acids is 1. The van der Waals surface area contributed by atoms with Gasteiger partial charge in [0.25, 0.3) is 5.69 Å². The molecule has 8 heteroatoms. The van der Waals surface area contributed by atoms with E-state index in [4.69, 9.17) is 0 Å². The molecule has 130 valence electrons. The summed E-state index contributed by atoms with van der Waals surface area (Å²) in [6, 6.07) is 6.33. The van der Waals surface area contributed by atoms with E-state index in [1.807, 2.05) is 6.92 Å². The molecule has 0 aliphatic heterocycles. The molecule has 24 heavy (non-hydrogen) atoms. The van der Waals surface area contributed by atoms with E-state index < -0.39 is 4.92 Å². The van der Waals surface area contributed by atoms with E-state index in [-0.39, 0.29) is 17.5 Å². The van der Waals surface area contributed by atoms with Crippen LogP contribution in [0.2, 0.25) is 0 Å². The van der Waals surface area contributed by atoms with Gasteiger partial charge in [0.05, 0.1) is 11.5 Å². The predicted octanol–water partition coefficient (Wildman–Crippen LogP) is 1.18. The Labute approximate surface area is 140 Å². The second kappa shape index (κ2) is 8.85. The Hall–Kier alpha value is -2.64. The van der Waals surface area contributed by atoms with Crippen LogP contribution in [-0.4, -0.2) is 36.4 Å². The van der Waals surface area contributed by atoms with E-state index in [9.17, 15) is 14.9 Å². The van der Waals surface area contributed by atoms with E-state index in [0.717, 1.165) is 24.9 Å². The van der Waals surface area contributed by atoms with Gasteiger partial charge in [-0.2, -0.15) is 0 Å². The highest BCUT2D eigenvalue weighted by Gasteiger charge is 2.28. The summed E-state index contributed by atoms with van der Waals surface area (Å²) in [5.41, 5.74) is 0.957. The topological polar surface area (TPSA) is 109 Å². The van der Waals surface area contributed by atoms with Crippen molar-refractivity contribution in [2.75, 3.05) is 19.6 Å². The molecule has 2 rings (SSSR count). The van der Waals surface area contributed by atoms with Crippen molar-refractivity contribution in [3.8, 4) is 0 Å². The Balaban J connectivity index is 1.78. The zero-order valence-electron chi connectivity index (χ0n) is 13.7. The Bertz CT molecular complexity index is 596. The fourth-order valence-corrected chi connectivity index (χ4v) is 2.09. The number of hydrogen-bond acceptors (Lipinski definition) is 4. The summed E-state index contributed by atoms with van der Waals surface area (Å²) in [5, 5.41) is 19.8. The predicted molar refractivity (Wildman–Crippen MR) is 91.6 cm³/mol. The molecule has 1 aliphatic carbocycles. The van der Waals surface area contributed by atoms with Crippen molar-refractivity contribution in [2.45, 2.75) is 26.3 Å². The van der Waals surface area contributed by atoms with Crippen molar-refractivity contribution in [1.82, 2.24) is 16.0 Å². The van der Waals surface area contributed by atoms with E-state index in [1.54, 1.807) is 12.1 Å². The largest absolute Gasteiger partial charge is 0.357 e. The van der Waals surface area contributed by atoms with E-state index >= 15 is 0 Å². The lowest BCUT2D eigenvalue weighted by molar-refractivity contribution is -0.384. The van der Waals surface area contributed by atoms with Gasteiger partial charge in [0, 0.05) is 37.7 Å². The van der Waals surface area contributed by atoms with Gasteiger partial charge in [-0.3, -0.25) is 14.9 Å². The molecule has 0 atom stereocenters. The van der Waals surface area contributed by atoms with E-state index in [0.29, 0.717) is 25.6 Å². The number of carbonyl (C=O) groups is 1. The summed E-state index contributed by atoms with van der Waals surface area (Å²) in [7, 11) is 0. The first-order chi connectivity index (χ1) is 11.6. The Morgan fingerprint density at radius 1 is 1.21 bits per heavy atom. The number of nitro groups is 1. The standard InChI is InChI=1S/C16H23N5O3/c1-2-17-16(19-10-9-18-15(22)13-5-6-13)20-11-12-3-7-14(8-4-12)21(23)24/h3-4,7-8,13H,2,5-6,9-11H2,1H3,(H,18,22)(H2,17,19,20). The third-order valence-corrected chi connectivity index (χ3v) is 3.58. The number of benzene rings is 1. The lowest BCUT2D eigenvalue weighted by atomic mass is 10.2. The van der Waals surface area contributed by atoms with Crippen molar-refractivity contribution in [2.24, 2.45) is 10.9 Å². The smallest absolute Gasteiger partial charge is 0.269 e. The molecule has 1 amide bonds.